The molecule has 0 bridgehead atoms. The third kappa shape index (κ3) is 3.33. The van der Waals surface area contributed by atoms with Crippen LogP contribution in [0.1, 0.15) is 16.7 Å². The van der Waals surface area contributed by atoms with Crippen LogP contribution in [0.5, 0.6) is 0 Å². The number of hydrogen-bond donors (Lipinski definition) is 2. The lowest BCUT2D eigenvalue weighted by molar-refractivity contribution is -0.117. The van der Waals surface area contributed by atoms with Crippen LogP contribution in [-0.2, 0) is 31.2 Å². The van der Waals surface area contributed by atoms with Crippen molar-refractivity contribution in [3.05, 3.63) is 71.7 Å². The molecule has 0 saturated heterocycles. The minimum Gasteiger partial charge on any atom is -0.383 e. The van der Waals surface area contributed by atoms with E-state index in [4.69, 9.17) is 11.5 Å². The number of aromatic nitrogens is 3. The number of rotatable bonds is 4. The van der Waals surface area contributed by atoms with E-state index >= 15 is 0 Å². The molecule has 1 aliphatic rings. The van der Waals surface area contributed by atoms with Gasteiger partial charge in [-0.1, -0.05) is 30.3 Å². The number of amides is 1. The van der Waals surface area contributed by atoms with Gasteiger partial charge in [0, 0.05) is 37.6 Å². The van der Waals surface area contributed by atoms with Crippen molar-refractivity contribution >= 4 is 28.4 Å². The molecule has 2 aromatic heterocycles. The number of benzene rings is 2. The van der Waals surface area contributed by atoms with Crippen LogP contribution >= 0.6 is 0 Å². The Bertz CT molecular complexity index is 1310. The van der Waals surface area contributed by atoms with E-state index in [-0.39, 0.29) is 5.91 Å². The smallest absolute Gasteiger partial charge is 0.231 e. The van der Waals surface area contributed by atoms with E-state index in [1.54, 1.807) is 0 Å². The maximum absolute atomic E-state index is 13.0. The van der Waals surface area contributed by atoms with Crippen molar-refractivity contribution in [2.75, 3.05) is 17.2 Å². The van der Waals surface area contributed by atoms with Crippen LogP contribution in [0.3, 0.4) is 0 Å². The first-order valence-electron chi connectivity index (χ1n) is 10.3. The van der Waals surface area contributed by atoms with Gasteiger partial charge in [-0.2, -0.15) is 0 Å². The molecule has 0 radical (unpaired) electrons. The molecule has 2 aromatic carbocycles. The first kappa shape index (κ1) is 19.3. The second-order valence-electron chi connectivity index (χ2n) is 7.95. The molecule has 0 saturated carbocycles. The number of nitrogens with zero attached hydrogens (tertiary/aromatic N) is 4. The number of fused-ring (bicyclic) bond motifs is 2. The molecule has 0 spiro atoms. The van der Waals surface area contributed by atoms with Crippen LogP contribution in [0, 0.1) is 0 Å². The van der Waals surface area contributed by atoms with Crippen molar-refractivity contribution in [1.29, 1.82) is 0 Å². The lowest BCUT2D eigenvalue weighted by Crippen LogP contribution is -2.30. The van der Waals surface area contributed by atoms with Gasteiger partial charge in [-0.3, -0.25) is 4.79 Å². The molecule has 4 N–H and O–H groups in total. The Kier molecular flexibility index (Phi) is 4.67. The molecule has 4 aromatic rings. The molecule has 0 atom stereocenters. The summed E-state index contributed by atoms with van der Waals surface area (Å²) in [6.45, 7) is 1.16. The van der Waals surface area contributed by atoms with Crippen LogP contribution in [-0.4, -0.2) is 27.0 Å². The summed E-state index contributed by atoms with van der Waals surface area (Å²) in [5.74, 6) is 0.570. The Morgan fingerprint density at radius 1 is 1.13 bits per heavy atom. The average Bonchev–Trinajstić information content (AvgIpc) is 3.35. The van der Waals surface area contributed by atoms with E-state index in [0.717, 1.165) is 51.0 Å². The number of hydrogen-bond acceptors (Lipinski definition) is 5. The van der Waals surface area contributed by atoms with Crippen molar-refractivity contribution in [1.82, 2.24) is 14.5 Å². The van der Waals surface area contributed by atoms with Crippen LogP contribution < -0.4 is 16.4 Å². The fourth-order valence-electron chi connectivity index (χ4n) is 4.42. The molecule has 31 heavy (non-hydrogen) atoms. The lowest BCUT2D eigenvalue weighted by Gasteiger charge is -2.18. The van der Waals surface area contributed by atoms with E-state index in [2.05, 4.69) is 16.0 Å². The zero-order valence-corrected chi connectivity index (χ0v) is 17.4. The van der Waals surface area contributed by atoms with Crippen molar-refractivity contribution in [3.63, 3.8) is 0 Å². The van der Waals surface area contributed by atoms with Crippen LogP contribution in [0.15, 0.2) is 55.0 Å². The monoisotopic (exact) mass is 412 g/mol. The fourth-order valence-corrected chi connectivity index (χ4v) is 4.42. The highest BCUT2D eigenvalue weighted by atomic mass is 16.2. The number of anilines is 2. The number of nitrogens with two attached hydrogens (primary N) is 2. The van der Waals surface area contributed by atoms with E-state index < -0.39 is 0 Å². The Labute approximate surface area is 180 Å². The van der Waals surface area contributed by atoms with E-state index in [0.29, 0.717) is 25.3 Å². The highest BCUT2D eigenvalue weighted by Crippen LogP contribution is 2.37. The van der Waals surface area contributed by atoms with E-state index in [1.165, 1.54) is 6.33 Å². The number of carbonyl (C=O) groups excluding carboxylic acids is 1. The van der Waals surface area contributed by atoms with Gasteiger partial charge in [0.25, 0.3) is 0 Å². The zero-order chi connectivity index (χ0) is 21.5. The van der Waals surface area contributed by atoms with Crippen molar-refractivity contribution in [3.8, 4) is 11.1 Å². The van der Waals surface area contributed by atoms with Gasteiger partial charge >= 0.3 is 0 Å². The Morgan fingerprint density at radius 3 is 2.81 bits per heavy atom. The normalized spacial score (nSPS) is 13.0. The summed E-state index contributed by atoms with van der Waals surface area (Å²) in [7, 11) is 1.95. The second kappa shape index (κ2) is 7.52. The maximum atomic E-state index is 13.0. The minimum atomic E-state index is 0.100. The standard InChI is InChI=1S/C24H24N6O/c1-29-13-19(22-23(26)27-14-28-24(22)29)17-5-6-20-18(11-17)7-8-30(20)21(31)10-15-3-2-4-16(9-15)12-25/h2-6,9,11,13-14H,7-8,10,12,25H2,1H3,(H2,26,27,28). The van der Waals surface area contributed by atoms with Gasteiger partial charge in [0.15, 0.2) is 0 Å². The summed E-state index contributed by atoms with van der Waals surface area (Å²) in [5, 5.41) is 0.857. The second-order valence-corrected chi connectivity index (χ2v) is 7.95. The summed E-state index contributed by atoms with van der Waals surface area (Å²) in [6, 6.07) is 14.1. The molecule has 0 fully saturated rings. The summed E-state index contributed by atoms with van der Waals surface area (Å²) < 4.78 is 1.96. The number of carbonyl (C=O) groups is 1. The zero-order valence-electron chi connectivity index (χ0n) is 17.4. The Hall–Kier alpha value is -3.71. The predicted octanol–water partition coefficient (Wildman–Crippen LogP) is 2.81. The van der Waals surface area contributed by atoms with Crippen molar-refractivity contribution in [2.45, 2.75) is 19.4 Å². The first-order valence-corrected chi connectivity index (χ1v) is 10.3. The largest absolute Gasteiger partial charge is 0.383 e. The van der Waals surface area contributed by atoms with Gasteiger partial charge in [0.2, 0.25) is 5.91 Å². The maximum Gasteiger partial charge on any atom is 0.231 e. The molecule has 7 nitrogen and oxygen atoms in total. The SMILES string of the molecule is Cn1cc(-c2ccc3c(c2)CCN3C(=O)Cc2cccc(CN)c2)c2c(N)ncnc21. The quantitative estimate of drug-likeness (QED) is 0.536. The minimum absolute atomic E-state index is 0.100. The van der Waals surface area contributed by atoms with Gasteiger partial charge in [-0.15, -0.1) is 0 Å². The van der Waals surface area contributed by atoms with E-state index in [1.807, 2.05) is 59.1 Å². The summed E-state index contributed by atoms with van der Waals surface area (Å²) in [5.41, 5.74) is 18.9. The summed E-state index contributed by atoms with van der Waals surface area (Å²) in [6.07, 6.45) is 4.71. The number of nitrogen functional groups attached to an aromatic ring is 1. The average molecular weight is 412 g/mol. The van der Waals surface area contributed by atoms with Gasteiger partial charge in [-0.05, 0) is 40.8 Å². The molecule has 156 valence electrons. The van der Waals surface area contributed by atoms with Gasteiger partial charge in [0.05, 0.1) is 11.8 Å². The summed E-state index contributed by atoms with van der Waals surface area (Å²) >= 11 is 0. The van der Waals surface area contributed by atoms with Gasteiger partial charge in [-0.25, -0.2) is 9.97 Å². The van der Waals surface area contributed by atoms with Gasteiger partial charge in [0.1, 0.15) is 17.8 Å². The molecule has 7 heteroatoms. The topological polar surface area (TPSA) is 103 Å². The van der Waals surface area contributed by atoms with Crippen molar-refractivity contribution in [2.24, 2.45) is 12.8 Å². The third-order valence-corrected chi connectivity index (χ3v) is 5.95. The molecule has 5 rings (SSSR count). The number of aryl methyl sites for hydroxylation is 1. The van der Waals surface area contributed by atoms with Crippen molar-refractivity contribution < 1.29 is 4.79 Å². The predicted molar refractivity (Wildman–Crippen MR) is 122 cm³/mol. The highest BCUT2D eigenvalue weighted by molar-refractivity contribution is 6.02. The molecule has 0 aliphatic carbocycles. The molecule has 1 amide bonds. The molecular weight excluding hydrogens is 388 g/mol. The first-order chi connectivity index (χ1) is 15.0. The third-order valence-electron chi connectivity index (χ3n) is 5.95. The molecule has 1 aliphatic heterocycles. The van der Waals surface area contributed by atoms with Gasteiger partial charge < -0.3 is 20.9 Å². The van der Waals surface area contributed by atoms with Crippen LogP contribution in [0.25, 0.3) is 22.2 Å². The van der Waals surface area contributed by atoms with Crippen LogP contribution in [0.4, 0.5) is 11.5 Å². The lowest BCUT2D eigenvalue weighted by atomic mass is 10.0. The highest BCUT2D eigenvalue weighted by Gasteiger charge is 2.25. The summed E-state index contributed by atoms with van der Waals surface area (Å²) in [4.78, 5) is 23.4. The molecule has 0 unspecified atom stereocenters. The Morgan fingerprint density at radius 2 is 1.97 bits per heavy atom. The molecular formula is C24H24N6O. The fraction of sp³-hybridized carbons (Fsp3) is 0.208. The Balaban J connectivity index is 1.45. The van der Waals surface area contributed by atoms with Crippen LogP contribution in [0.2, 0.25) is 0 Å². The van der Waals surface area contributed by atoms with E-state index in [9.17, 15) is 4.79 Å². The molecule has 3 heterocycles.